The number of esters is 1. The van der Waals surface area contributed by atoms with Crippen LogP contribution in [0.3, 0.4) is 0 Å². The number of amides is 2. The second-order valence-corrected chi connectivity index (χ2v) is 5.09. The van der Waals surface area contributed by atoms with E-state index in [2.05, 4.69) is 5.32 Å². The summed E-state index contributed by atoms with van der Waals surface area (Å²) < 4.78 is 18.3. The lowest BCUT2D eigenvalue weighted by molar-refractivity contribution is -0.119. The molecular weight excluding hydrogens is 339 g/mol. The number of para-hydroxylation sites is 1. The lowest BCUT2D eigenvalue weighted by Gasteiger charge is -2.09. The van der Waals surface area contributed by atoms with Crippen LogP contribution in [-0.4, -0.2) is 24.4 Å². The molecule has 24 heavy (non-hydrogen) atoms. The number of halogens is 2. The van der Waals surface area contributed by atoms with E-state index in [0.29, 0.717) is 0 Å². The van der Waals surface area contributed by atoms with Crippen LogP contribution in [0.4, 0.5) is 10.1 Å². The smallest absolute Gasteiger partial charge is 0.341 e. The Balaban J connectivity index is 1.99. The molecule has 0 spiro atoms. The summed E-state index contributed by atoms with van der Waals surface area (Å²) in [6.07, 6.45) is 0. The molecule has 2 aromatic rings. The Morgan fingerprint density at radius 2 is 1.83 bits per heavy atom. The Hall–Kier alpha value is -2.93. The van der Waals surface area contributed by atoms with Crippen molar-refractivity contribution in [2.45, 2.75) is 0 Å². The summed E-state index contributed by atoms with van der Waals surface area (Å²) in [6, 6.07) is 9.52. The third-order valence-corrected chi connectivity index (χ3v) is 3.19. The molecule has 0 aliphatic carbocycles. The Kier molecular flexibility index (Phi) is 5.49. The first kappa shape index (κ1) is 17.4. The monoisotopic (exact) mass is 350 g/mol. The molecule has 0 aliphatic heterocycles. The third-order valence-electron chi connectivity index (χ3n) is 2.95. The molecule has 8 heteroatoms. The number of anilines is 1. The average molecular weight is 351 g/mol. The van der Waals surface area contributed by atoms with E-state index < -0.39 is 30.2 Å². The van der Waals surface area contributed by atoms with Crippen LogP contribution in [0, 0.1) is 5.82 Å². The standard InChI is InChI=1S/C16H12ClFN2O4/c17-9-5-6-10(12(18)7-9)16(23)24-8-14(21)20-13-4-2-1-3-11(13)15(19)22/h1-7H,8H2,(H2,19,22)(H,20,21). The van der Waals surface area contributed by atoms with Gasteiger partial charge in [-0.1, -0.05) is 23.7 Å². The van der Waals surface area contributed by atoms with Gasteiger partial charge < -0.3 is 15.8 Å². The van der Waals surface area contributed by atoms with E-state index in [1.807, 2.05) is 0 Å². The molecule has 0 bridgehead atoms. The van der Waals surface area contributed by atoms with Crippen LogP contribution in [0.25, 0.3) is 0 Å². The summed E-state index contributed by atoms with van der Waals surface area (Å²) in [6.45, 7) is -0.659. The molecule has 0 aliphatic rings. The summed E-state index contributed by atoms with van der Waals surface area (Å²) in [7, 11) is 0. The van der Waals surface area contributed by atoms with Crippen molar-refractivity contribution in [2.24, 2.45) is 5.73 Å². The first-order valence-electron chi connectivity index (χ1n) is 6.69. The van der Waals surface area contributed by atoms with Crippen LogP contribution < -0.4 is 11.1 Å². The summed E-state index contributed by atoms with van der Waals surface area (Å²) in [5.41, 5.74) is 5.14. The van der Waals surface area contributed by atoms with Crippen LogP contribution >= 0.6 is 11.6 Å². The highest BCUT2D eigenvalue weighted by molar-refractivity contribution is 6.30. The van der Waals surface area contributed by atoms with E-state index in [9.17, 15) is 18.8 Å². The SMILES string of the molecule is NC(=O)c1ccccc1NC(=O)COC(=O)c1ccc(Cl)cc1F. The molecule has 0 fully saturated rings. The highest BCUT2D eigenvalue weighted by Crippen LogP contribution is 2.16. The predicted molar refractivity (Wildman–Crippen MR) is 85.3 cm³/mol. The number of rotatable bonds is 5. The van der Waals surface area contributed by atoms with E-state index >= 15 is 0 Å². The minimum absolute atomic E-state index is 0.112. The van der Waals surface area contributed by atoms with E-state index in [1.54, 1.807) is 12.1 Å². The fourth-order valence-electron chi connectivity index (χ4n) is 1.86. The number of primary amides is 1. The lowest BCUT2D eigenvalue weighted by Crippen LogP contribution is -2.23. The zero-order valence-electron chi connectivity index (χ0n) is 12.2. The Morgan fingerprint density at radius 3 is 2.50 bits per heavy atom. The van der Waals surface area contributed by atoms with Gasteiger partial charge in [0.05, 0.1) is 16.8 Å². The van der Waals surface area contributed by atoms with Gasteiger partial charge in [-0.25, -0.2) is 9.18 Å². The van der Waals surface area contributed by atoms with Gasteiger partial charge in [0.15, 0.2) is 6.61 Å². The van der Waals surface area contributed by atoms with Gasteiger partial charge in [-0.3, -0.25) is 9.59 Å². The second kappa shape index (κ2) is 7.56. The van der Waals surface area contributed by atoms with Crippen molar-refractivity contribution >= 4 is 35.1 Å². The van der Waals surface area contributed by atoms with Crippen molar-refractivity contribution in [3.05, 3.63) is 64.4 Å². The van der Waals surface area contributed by atoms with Crippen molar-refractivity contribution in [3.63, 3.8) is 0 Å². The first-order valence-corrected chi connectivity index (χ1v) is 7.07. The molecule has 0 saturated heterocycles. The average Bonchev–Trinajstić information content (AvgIpc) is 2.53. The summed E-state index contributed by atoms with van der Waals surface area (Å²) in [5, 5.41) is 2.52. The molecule has 3 N–H and O–H groups in total. The highest BCUT2D eigenvalue weighted by Gasteiger charge is 2.16. The third kappa shape index (κ3) is 4.30. The maximum Gasteiger partial charge on any atom is 0.341 e. The molecule has 124 valence electrons. The quantitative estimate of drug-likeness (QED) is 0.809. The number of nitrogens with two attached hydrogens (primary N) is 1. The number of carbonyl (C=O) groups is 3. The second-order valence-electron chi connectivity index (χ2n) is 4.66. The maximum absolute atomic E-state index is 13.6. The number of carbonyl (C=O) groups excluding carboxylic acids is 3. The van der Waals surface area contributed by atoms with E-state index in [0.717, 1.165) is 12.1 Å². The van der Waals surface area contributed by atoms with Gasteiger partial charge in [-0.05, 0) is 30.3 Å². The molecule has 0 aromatic heterocycles. The Morgan fingerprint density at radius 1 is 1.12 bits per heavy atom. The number of ether oxygens (including phenoxy) is 1. The molecule has 0 saturated carbocycles. The normalized spacial score (nSPS) is 10.1. The minimum atomic E-state index is -1.01. The molecule has 6 nitrogen and oxygen atoms in total. The number of hydrogen-bond acceptors (Lipinski definition) is 4. The summed E-state index contributed by atoms with van der Waals surface area (Å²) >= 11 is 5.59. The van der Waals surface area contributed by atoms with E-state index in [4.69, 9.17) is 22.1 Å². The molecule has 0 radical (unpaired) electrons. The fourth-order valence-corrected chi connectivity index (χ4v) is 2.02. The number of nitrogens with one attached hydrogen (secondary N) is 1. The van der Waals surface area contributed by atoms with Gasteiger partial charge >= 0.3 is 5.97 Å². The largest absolute Gasteiger partial charge is 0.452 e. The maximum atomic E-state index is 13.6. The Bertz CT molecular complexity index is 810. The van der Waals surface area contributed by atoms with Gasteiger partial charge in [-0.2, -0.15) is 0 Å². The predicted octanol–water partition coefficient (Wildman–Crippen LogP) is 2.37. The van der Waals surface area contributed by atoms with Gasteiger partial charge in [0, 0.05) is 5.02 Å². The van der Waals surface area contributed by atoms with Crippen LogP contribution in [0.15, 0.2) is 42.5 Å². The topological polar surface area (TPSA) is 98.5 Å². The van der Waals surface area contributed by atoms with Crippen LogP contribution in [0.1, 0.15) is 20.7 Å². The van der Waals surface area contributed by atoms with Gasteiger partial charge in [0.1, 0.15) is 5.82 Å². The minimum Gasteiger partial charge on any atom is -0.452 e. The molecule has 0 heterocycles. The first-order chi connectivity index (χ1) is 11.4. The molecule has 2 amide bonds. The lowest BCUT2D eigenvalue weighted by atomic mass is 10.1. The zero-order valence-corrected chi connectivity index (χ0v) is 13.0. The van der Waals surface area contributed by atoms with Crippen molar-refractivity contribution in [1.82, 2.24) is 0 Å². The molecular formula is C16H12ClFN2O4. The Labute approximate surface area is 141 Å². The van der Waals surface area contributed by atoms with Crippen LogP contribution in [-0.2, 0) is 9.53 Å². The highest BCUT2D eigenvalue weighted by atomic mass is 35.5. The fraction of sp³-hybridized carbons (Fsp3) is 0.0625. The van der Waals surface area contributed by atoms with Crippen LogP contribution in [0.2, 0.25) is 5.02 Å². The van der Waals surface area contributed by atoms with Gasteiger partial charge in [-0.15, -0.1) is 0 Å². The van der Waals surface area contributed by atoms with Crippen molar-refractivity contribution in [2.75, 3.05) is 11.9 Å². The van der Waals surface area contributed by atoms with Crippen molar-refractivity contribution < 1.29 is 23.5 Å². The summed E-state index contributed by atoms with van der Waals surface area (Å²) in [4.78, 5) is 34.8. The summed E-state index contributed by atoms with van der Waals surface area (Å²) in [5.74, 6) is -3.29. The molecule has 2 rings (SSSR count). The van der Waals surface area contributed by atoms with Crippen LogP contribution in [0.5, 0.6) is 0 Å². The van der Waals surface area contributed by atoms with E-state index in [-0.39, 0.29) is 21.8 Å². The zero-order chi connectivity index (χ0) is 17.7. The number of hydrogen-bond donors (Lipinski definition) is 2. The molecule has 0 unspecified atom stereocenters. The van der Waals surface area contributed by atoms with Gasteiger partial charge in [0.25, 0.3) is 11.8 Å². The molecule has 2 aromatic carbocycles. The van der Waals surface area contributed by atoms with Crippen molar-refractivity contribution in [3.8, 4) is 0 Å². The molecule has 0 atom stereocenters. The van der Waals surface area contributed by atoms with Crippen molar-refractivity contribution in [1.29, 1.82) is 0 Å². The number of benzene rings is 2. The van der Waals surface area contributed by atoms with E-state index in [1.165, 1.54) is 18.2 Å². The van der Waals surface area contributed by atoms with Gasteiger partial charge in [0.2, 0.25) is 0 Å².